The molecule has 29 heavy (non-hydrogen) atoms. The molecule has 1 saturated heterocycles. The number of nitrogens with one attached hydrogen (secondary N) is 1. The third-order valence-electron chi connectivity index (χ3n) is 7.30. The number of anilines is 1. The maximum atomic E-state index is 13.3. The second-order valence-electron chi connectivity index (χ2n) is 9.31. The molecule has 0 aromatic heterocycles. The fraction of sp³-hybridized carbons (Fsp3) is 0.667. The number of nitrogens with zero attached hydrogens (tertiary/aromatic N) is 1. The number of amides is 1. The van der Waals surface area contributed by atoms with Gasteiger partial charge >= 0.3 is 0 Å². The van der Waals surface area contributed by atoms with E-state index >= 15 is 0 Å². The predicted octanol–water partition coefficient (Wildman–Crippen LogP) is 3.52. The number of hydrogen-bond donors (Lipinski definition) is 1. The van der Waals surface area contributed by atoms with Crippen LogP contribution in [0, 0.1) is 23.2 Å². The van der Waals surface area contributed by atoms with Gasteiger partial charge in [-0.05, 0) is 74.5 Å². The van der Waals surface area contributed by atoms with Gasteiger partial charge in [0.05, 0.1) is 23.7 Å². The number of hydrogen-bond acceptors (Lipinski definition) is 4. The van der Waals surface area contributed by atoms with Crippen LogP contribution in [0.25, 0.3) is 0 Å². The lowest BCUT2D eigenvalue weighted by molar-refractivity contribution is -0.140. The molecule has 6 nitrogen and oxygen atoms in total. The van der Waals surface area contributed by atoms with E-state index in [1.54, 1.807) is 12.1 Å². The van der Waals surface area contributed by atoms with Gasteiger partial charge in [0.1, 0.15) is 4.90 Å². The Hall–Kier alpha value is -1.15. The quantitative estimate of drug-likeness (QED) is 0.780. The maximum absolute atomic E-state index is 13.3. The molecule has 0 spiro atoms. The minimum Gasteiger partial charge on any atom is -0.379 e. The summed E-state index contributed by atoms with van der Waals surface area (Å²) in [4.78, 5) is 13.3. The molecule has 4 saturated carbocycles. The van der Waals surface area contributed by atoms with E-state index in [1.165, 1.54) is 29.6 Å². The minimum atomic E-state index is -3.73. The monoisotopic (exact) mass is 438 g/mol. The second kappa shape index (κ2) is 7.22. The van der Waals surface area contributed by atoms with Crippen LogP contribution in [0.2, 0.25) is 5.02 Å². The van der Waals surface area contributed by atoms with Crippen molar-refractivity contribution in [2.75, 3.05) is 31.6 Å². The fourth-order valence-corrected chi connectivity index (χ4v) is 8.27. The number of benzene rings is 1. The van der Waals surface area contributed by atoms with Crippen LogP contribution >= 0.6 is 11.6 Å². The van der Waals surface area contributed by atoms with Crippen LogP contribution in [-0.4, -0.2) is 44.9 Å². The molecule has 5 fully saturated rings. The number of carbonyl (C=O) groups is 1. The van der Waals surface area contributed by atoms with Gasteiger partial charge in [0.25, 0.3) is 0 Å². The van der Waals surface area contributed by atoms with E-state index in [1.807, 2.05) is 0 Å². The number of halogens is 1. The van der Waals surface area contributed by atoms with Crippen LogP contribution in [0.15, 0.2) is 23.1 Å². The highest BCUT2D eigenvalue weighted by Crippen LogP contribution is 2.60. The van der Waals surface area contributed by atoms with Crippen molar-refractivity contribution in [2.24, 2.45) is 23.2 Å². The Kier molecular flexibility index (Phi) is 4.93. The summed E-state index contributed by atoms with van der Waals surface area (Å²) in [5.74, 6) is 2.08. The summed E-state index contributed by atoms with van der Waals surface area (Å²) in [6.45, 7) is 1.36. The van der Waals surface area contributed by atoms with Crippen LogP contribution in [0.5, 0.6) is 0 Å². The summed E-state index contributed by atoms with van der Waals surface area (Å²) in [5.41, 5.74) is 0.222. The summed E-state index contributed by atoms with van der Waals surface area (Å²) >= 11 is 6.24. The smallest absolute Gasteiger partial charge is 0.244 e. The zero-order valence-corrected chi connectivity index (χ0v) is 18.0. The number of morpholine rings is 1. The zero-order valence-electron chi connectivity index (χ0n) is 16.4. The van der Waals surface area contributed by atoms with Gasteiger partial charge < -0.3 is 10.1 Å². The first-order chi connectivity index (χ1) is 13.9. The predicted molar refractivity (Wildman–Crippen MR) is 110 cm³/mol. The van der Waals surface area contributed by atoms with Gasteiger partial charge in [-0.1, -0.05) is 11.6 Å². The molecule has 1 aromatic carbocycles. The Morgan fingerprint density at radius 2 is 1.66 bits per heavy atom. The molecular formula is C21H27ClN2O4S. The van der Waals surface area contributed by atoms with E-state index in [0.29, 0.717) is 49.7 Å². The molecule has 4 aliphatic carbocycles. The Morgan fingerprint density at radius 1 is 1.07 bits per heavy atom. The molecule has 1 aromatic rings. The topological polar surface area (TPSA) is 75.7 Å². The van der Waals surface area contributed by atoms with Crippen molar-refractivity contribution in [1.82, 2.24) is 4.31 Å². The molecule has 4 bridgehead atoms. The second-order valence-corrected chi connectivity index (χ2v) is 11.6. The lowest BCUT2D eigenvalue weighted by Gasteiger charge is -2.55. The van der Waals surface area contributed by atoms with Crippen LogP contribution in [0.3, 0.4) is 0 Å². The van der Waals surface area contributed by atoms with E-state index in [0.717, 1.165) is 19.3 Å². The van der Waals surface area contributed by atoms with Crippen LogP contribution in [0.1, 0.15) is 38.5 Å². The van der Waals surface area contributed by atoms with Crippen LogP contribution < -0.4 is 5.32 Å². The number of sulfonamides is 1. The molecule has 8 heteroatoms. The van der Waals surface area contributed by atoms with Gasteiger partial charge in [-0.15, -0.1) is 0 Å². The van der Waals surface area contributed by atoms with E-state index in [9.17, 15) is 13.2 Å². The SMILES string of the molecule is O=C(Nc1ccc(Cl)c(S(=O)(=O)N2CCOCC2)c1)C12CC3CC(CC(C3)C1)C2. The molecule has 1 heterocycles. The summed E-state index contributed by atoms with van der Waals surface area (Å²) in [6.07, 6.45) is 6.73. The normalized spacial score (nSPS) is 34.3. The van der Waals surface area contributed by atoms with Gasteiger partial charge in [0.2, 0.25) is 15.9 Å². The molecule has 0 radical (unpaired) electrons. The van der Waals surface area contributed by atoms with Crippen molar-refractivity contribution in [3.8, 4) is 0 Å². The molecule has 5 aliphatic rings. The van der Waals surface area contributed by atoms with Crippen LogP contribution in [-0.2, 0) is 19.6 Å². The maximum Gasteiger partial charge on any atom is 0.244 e. The van der Waals surface area contributed by atoms with E-state index < -0.39 is 10.0 Å². The van der Waals surface area contributed by atoms with Gasteiger partial charge in [-0.25, -0.2) is 8.42 Å². The average Bonchev–Trinajstić information content (AvgIpc) is 2.69. The minimum absolute atomic E-state index is 0.0457. The number of ether oxygens (including phenoxy) is 1. The Labute approximate surface area is 177 Å². The van der Waals surface area contributed by atoms with E-state index in [4.69, 9.17) is 16.3 Å². The first kappa shape index (κ1) is 19.8. The molecule has 1 aliphatic heterocycles. The summed E-state index contributed by atoms with van der Waals surface area (Å²) in [5, 5.41) is 3.21. The van der Waals surface area contributed by atoms with Crippen LogP contribution in [0.4, 0.5) is 5.69 Å². The summed E-state index contributed by atoms with van der Waals surface area (Å²) < 4.78 is 32.7. The van der Waals surface area contributed by atoms with Gasteiger partial charge in [0, 0.05) is 18.8 Å². The molecule has 1 amide bonds. The fourth-order valence-electron chi connectivity index (χ4n) is 6.36. The Bertz CT molecular complexity index is 891. The molecule has 1 N–H and O–H groups in total. The highest BCUT2D eigenvalue weighted by atomic mass is 35.5. The third-order valence-corrected chi connectivity index (χ3v) is 9.68. The highest BCUT2D eigenvalue weighted by Gasteiger charge is 2.54. The van der Waals surface area contributed by atoms with E-state index in [-0.39, 0.29) is 21.2 Å². The number of carbonyl (C=O) groups excluding carboxylic acids is 1. The first-order valence-corrected chi connectivity index (χ1v) is 12.4. The van der Waals surface area contributed by atoms with Crippen molar-refractivity contribution < 1.29 is 17.9 Å². The molecule has 0 atom stereocenters. The Balaban J connectivity index is 1.38. The van der Waals surface area contributed by atoms with Gasteiger partial charge in [0.15, 0.2) is 0 Å². The van der Waals surface area contributed by atoms with Crippen molar-refractivity contribution in [3.63, 3.8) is 0 Å². The first-order valence-electron chi connectivity index (χ1n) is 10.5. The highest BCUT2D eigenvalue weighted by molar-refractivity contribution is 7.89. The molecule has 6 rings (SSSR count). The molecule has 0 unspecified atom stereocenters. The Morgan fingerprint density at radius 3 is 2.24 bits per heavy atom. The lowest BCUT2D eigenvalue weighted by atomic mass is 9.49. The zero-order chi connectivity index (χ0) is 20.2. The van der Waals surface area contributed by atoms with Gasteiger partial charge in [-0.2, -0.15) is 4.31 Å². The summed E-state index contributed by atoms with van der Waals surface area (Å²) in [6, 6.07) is 4.76. The third kappa shape index (κ3) is 3.50. The van der Waals surface area contributed by atoms with Crippen molar-refractivity contribution in [3.05, 3.63) is 23.2 Å². The van der Waals surface area contributed by atoms with Crippen molar-refractivity contribution in [1.29, 1.82) is 0 Å². The van der Waals surface area contributed by atoms with Crippen molar-refractivity contribution >= 4 is 33.2 Å². The lowest BCUT2D eigenvalue weighted by Crippen LogP contribution is -2.51. The average molecular weight is 439 g/mol. The van der Waals surface area contributed by atoms with Gasteiger partial charge in [-0.3, -0.25) is 4.79 Å². The molecular weight excluding hydrogens is 412 g/mol. The van der Waals surface area contributed by atoms with Crippen molar-refractivity contribution in [2.45, 2.75) is 43.4 Å². The standard InChI is InChI=1S/C21H27ClN2O4S/c22-18-2-1-17(10-19(18)29(26,27)24-3-5-28-6-4-24)23-20(25)21-11-14-7-15(12-21)9-16(8-14)13-21/h1-2,10,14-16H,3-9,11-13H2,(H,23,25). The summed E-state index contributed by atoms with van der Waals surface area (Å²) in [7, 11) is -3.73. The largest absolute Gasteiger partial charge is 0.379 e. The van der Waals surface area contributed by atoms with E-state index in [2.05, 4.69) is 5.32 Å². The number of rotatable bonds is 4. The molecule has 158 valence electrons.